The van der Waals surface area contributed by atoms with Crippen molar-refractivity contribution in [2.45, 2.75) is 42.9 Å². The van der Waals surface area contributed by atoms with Gasteiger partial charge in [0.1, 0.15) is 11.6 Å². The highest BCUT2D eigenvalue weighted by molar-refractivity contribution is 6.04. The van der Waals surface area contributed by atoms with Gasteiger partial charge in [-0.2, -0.15) is 0 Å². The molecule has 2 bridgehead atoms. The largest absolute Gasteiger partial charge is 0.545 e. The summed E-state index contributed by atoms with van der Waals surface area (Å²) in [6, 6.07) is 7.93. The number of aromatic carboxylic acids is 2. The van der Waals surface area contributed by atoms with Crippen LogP contribution < -0.4 is 24.4 Å². The number of benzene rings is 2. The second kappa shape index (κ2) is 11.7. The van der Waals surface area contributed by atoms with Crippen LogP contribution in [-0.2, 0) is 14.9 Å². The second-order valence-corrected chi connectivity index (χ2v) is 12.2. The normalized spacial score (nSPS) is 30.2. The van der Waals surface area contributed by atoms with E-state index < -0.39 is 33.7 Å². The fraction of sp³-hybridized carbons (Fsp3) is 0.452. The fourth-order valence-electron chi connectivity index (χ4n) is 9.18. The molecule has 6 N–H and O–H groups in total. The summed E-state index contributed by atoms with van der Waals surface area (Å²) < 4.78 is 17.6. The van der Waals surface area contributed by atoms with Gasteiger partial charge >= 0.3 is 5.97 Å². The number of anilines is 1. The third kappa shape index (κ3) is 4.37. The molecule has 246 valence electrons. The van der Waals surface area contributed by atoms with Gasteiger partial charge in [0.05, 0.1) is 74.5 Å². The molecule has 15 nitrogen and oxygen atoms in total. The van der Waals surface area contributed by atoms with Crippen LogP contribution in [0.2, 0.25) is 0 Å². The summed E-state index contributed by atoms with van der Waals surface area (Å²) in [4.78, 5) is 47.9. The van der Waals surface area contributed by atoms with E-state index in [0.29, 0.717) is 36.7 Å². The Morgan fingerprint density at radius 3 is 2.54 bits per heavy atom. The number of nitro groups is 1. The number of hydrogen-bond acceptors (Lipinski definition) is 9. The lowest BCUT2D eigenvalue weighted by atomic mass is 9.53. The molecule has 0 aromatic heterocycles. The number of piperidine rings is 2. The van der Waals surface area contributed by atoms with Crippen LogP contribution in [0.1, 0.15) is 45.5 Å². The minimum Gasteiger partial charge on any atom is -0.545 e. The summed E-state index contributed by atoms with van der Waals surface area (Å²) in [6.07, 6.45) is 5.22. The van der Waals surface area contributed by atoms with E-state index in [1.807, 2.05) is 0 Å². The van der Waals surface area contributed by atoms with Gasteiger partial charge in [-0.05, 0) is 23.1 Å². The first-order valence-electron chi connectivity index (χ1n) is 14.6. The molecule has 7 atom stereocenters. The Morgan fingerprint density at radius 2 is 1.89 bits per heavy atom. The lowest BCUT2D eigenvalue weighted by molar-refractivity contribution is -0.916. The quantitative estimate of drug-likeness (QED) is 0.222. The molecule has 1 spiro atoms. The van der Waals surface area contributed by atoms with Gasteiger partial charge in [0.25, 0.3) is 5.69 Å². The molecule has 1 aliphatic carbocycles. The first-order valence-corrected chi connectivity index (χ1v) is 14.6. The van der Waals surface area contributed by atoms with E-state index in [4.69, 9.17) is 19.3 Å². The lowest BCUT2D eigenvalue weighted by Gasteiger charge is -2.56. The Kier molecular flexibility index (Phi) is 8.32. The predicted molar refractivity (Wildman–Crippen MR) is 157 cm³/mol. The van der Waals surface area contributed by atoms with E-state index in [-0.39, 0.29) is 34.4 Å². The monoisotopic (exact) mass is 641 g/mol. The molecular formula is C31H35N3O12. The van der Waals surface area contributed by atoms with Gasteiger partial charge in [-0.3, -0.25) is 14.9 Å². The molecule has 0 radical (unpaired) electrons. The molecule has 4 fully saturated rings. The minimum atomic E-state index is -1.77. The van der Waals surface area contributed by atoms with Crippen LogP contribution in [0.25, 0.3) is 0 Å². The number of carbonyl (C=O) groups is 3. The van der Waals surface area contributed by atoms with E-state index in [1.54, 1.807) is 24.7 Å². The van der Waals surface area contributed by atoms with Crippen molar-refractivity contribution in [2.24, 2.45) is 11.8 Å². The summed E-state index contributed by atoms with van der Waals surface area (Å²) in [5.41, 5.74) is 1.60. The Labute approximate surface area is 262 Å². The number of nitrogens with zero attached hydrogens (tertiary/aromatic N) is 2. The third-order valence-corrected chi connectivity index (χ3v) is 10.7. The Hall–Kier alpha value is -4.57. The molecule has 5 aliphatic heterocycles. The highest BCUT2D eigenvalue weighted by Gasteiger charge is 2.73. The van der Waals surface area contributed by atoms with Crippen molar-refractivity contribution < 1.29 is 59.6 Å². The molecule has 1 unspecified atom stereocenters. The molecule has 15 heteroatoms. The van der Waals surface area contributed by atoms with Crippen LogP contribution in [0.5, 0.6) is 11.5 Å². The zero-order valence-corrected chi connectivity index (χ0v) is 25.1. The van der Waals surface area contributed by atoms with Crippen LogP contribution in [0.15, 0.2) is 42.0 Å². The summed E-state index contributed by atoms with van der Waals surface area (Å²) in [5, 5.41) is 29.6. The summed E-state index contributed by atoms with van der Waals surface area (Å²) in [7, 11) is 3.37. The van der Waals surface area contributed by atoms with Crippen molar-refractivity contribution in [3.8, 4) is 11.5 Å². The summed E-state index contributed by atoms with van der Waals surface area (Å²) in [5.74, 6) is -0.813. The van der Waals surface area contributed by atoms with Gasteiger partial charge in [-0.1, -0.05) is 18.2 Å². The van der Waals surface area contributed by atoms with Crippen LogP contribution in [0.3, 0.4) is 0 Å². The molecule has 1 amide bonds. The number of amides is 1. The van der Waals surface area contributed by atoms with E-state index >= 15 is 0 Å². The lowest BCUT2D eigenvalue weighted by Crippen LogP contribution is -3.16. The number of nitrogens with one attached hydrogen (secondary N) is 1. The van der Waals surface area contributed by atoms with E-state index in [2.05, 4.69) is 23.1 Å². The first-order chi connectivity index (χ1) is 21.1. The molecule has 2 aromatic rings. The predicted octanol–water partition coefficient (Wildman–Crippen LogP) is -1.30. The molecule has 8 rings (SSSR count). The zero-order chi connectivity index (χ0) is 31.1. The van der Waals surface area contributed by atoms with Gasteiger partial charge < -0.3 is 50.0 Å². The Morgan fingerprint density at radius 1 is 1.17 bits per heavy atom. The standard InChI is InChI=1S/C23H26N2O4.C8H5NO6.2H2O/c1-27-16-8-14-15(9-17(16)28-2)25-20(26)10-18-21-13-7-19-23(14,22(21)25)4-5-24(19)11-12(13)3-6-29-18;10-7(11)4-2-1-3-5(9(14)15)6(4)8(12)13;;/h3,8-9,13,18-19,21-22H,4-7,10-11H2,1-2H3;1-3H,(H,10,11)(H,12,13);2*1H2/t13-,18-,19-,21-,22-,23+;;;/m0.../s1. The zero-order valence-electron chi connectivity index (χ0n) is 25.1. The number of carboxylic acid groups (broad SMARTS) is 2. The number of carboxylic acids is 2. The number of hydrogen-bond donors (Lipinski definition) is 2. The maximum absolute atomic E-state index is 13.5. The number of nitro benzene ring substituents is 1. The highest BCUT2D eigenvalue weighted by Crippen LogP contribution is 2.63. The van der Waals surface area contributed by atoms with E-state index in [9.17, 15) is 29.6 Å². The fourth-order valence-corrected chi connectivity index (χ4v) is 9.18. The maximum atomic E-state index is 13.5. The number of carbonyl (C=O) groups excluding carboxylic acids is 2. The van der Waals surface area contributed by atoms with Gasteiger partial charge in [-0.15, -0.1) is 0 Å². The van der Waals surface area contributed by atoms with Crippen molar-refractivity contribution >= 4 is 29.2 Å². The SMILES string of the molecule is COc1cc2c(cc1OC)[C@@]13CC[NH+]4CC5=CCO[C@H]6CC(=O)N2[C@H]1[C@H]6[C@H]5C[C@H]43.O.O.O=C([O-])c1cccc([N+](=O)[O-])c1C(=O)O. The van der Waals surface area contributed by atoms with Gasteiger partial charge in [0.2, 0.25) is 5.91 Å². The van der Waals surface area contributed by atoms with Crippen LogP contribution >= 0.6 is 0 Å². The minimum absolute atomic E-state index is 0. The molecule has 46 heavy (non-hydrogen) atoms. The Bertz CT molecular complexity index is 1630. The van der Waals surface area contributed by atoms with Crippen LogP contribution in [0, 0.1) is 22.0 Å². The highest BCUT2D eigenvalue weighted by atomic mass is 16.6. The molecule has 3 saturated heterocycles. The second-order valence-electron chi connectivity index (χ2n) is 12.2. The van der Waals surface area contributed by atoms with Gasteiger partial charge in [0, 0.05) is 36.5 Å². The van der Waals surface area contributed by atoms with Crippen LogP contribution in [-0.4, -0.2) is 90.9 Å². The van der Waals surface area contributed by atoms with E-state index in [1.165, 1.54) is 18.5 Å². The number of rotatable bonds is 5. The maximum Gasteiger partial charge on any atom is 0.343 e. The van der Waals surface area contributed by atoms with Crippen molar-refractivity contribution in [3.63, 3.8) is 0 Å². The van der Waals surface area contributed by atoms with Gasteiger partial charge in [0.15, 0.2) is 11.5 Å². The van der Waals surface area contributed by atoms with Gasteiger partial charge in [-0.25, -0.2) is 4.79 Å². The number of quaternary nitrogens is 1. The molecule has 5 heterocycles. The molecule has 6 aliphatic rings. The Balaban J connectivity index is 0.000000212. The van der Waals surface area contributed by atoms with Crippen molar-refractivity contribution in [3.05, 3.63) is 68.8 Å². The van der Waals surface area contributed by atoms with Crippen molar-refractivity contribution in [2.75, 3.05) is 38.8 Å². The summed E-state index contributed by atoms with van der Waals surface area (Å²) >= 11 is 0. The molecule has 2 aromatic carbocycles. The average Bonchev–Trinajstić information content (AvgIpc) is 3.47. The average molecular weight is 642 g/mol. The van der Waals surface area contributed by atoms with Crippen LogP contribution in [0.4, 0.5) is 11.4 Å². The topological polar surface area (TPSA) is 236 Å². The third-order valence-electron chi connectivity index (χ3n) is 10.7. The smallest absolute Gasteiger partial charge is 0.343 e. The number of ether oxygens (including phenoxy) is 3. The van der Waals surface area contributed by atoms with Crippen molar-refractivity contribution in [1.82, 2.24) is 0 Å². The van der Waals surface area contributed by atoms with E-state index in [0.717, 1.165) is 42.6 Å². The molecular weight excluding hydrogens is 606 g/mol. The summed E-state index contributed by atoms with van der Waals surface area (Å²) in [6.45, 7) is 2.98. The van der Waals surface area contributed by atoms with Crippen molar-refractivity contribution in [1.29, 1.82) is 0 Å². The molecule has 1 saturated carbocycles. The number of fused-ring (bicyclic) bond motifs is 2. The number of methoxy groups -OCH3 is 2. The first kappa shape index (κ1) is 32.8.